The van der Waals surface area contributed by atoms with E-state index in [-0.39, 0.29) is 11.7 Å². The van der Waals surface area contributed by atoms with Gasteiger partial charge in [-0.3, -0.25) is 9.79 Å². The maximum Gasteiger partial charge on any atom is 0.221 e. The fourth-order valence-corrected chi connectivity index (χ4v) is 1.84. The van der Waals surface area contributed by atoms with Crippen LogP contribution in [0, 0.1) is 5.82 Å². The Morgan fingerprint density at radius 3 is 2.41 bits per heavy atom. The Labute approximate surface area is 131 Å². The van der Waals surface area contributed by atoms with Crippen molar-refractivity contribution in [2.75, 3.05) is 26.7 Å². The van der Waals surface area contributed by atoms with E-state index in [1.165, 1.54) is 12.1 Å². The van der Waals surface area contributed by atoms with Gasteiger partial charge in [-0.15, -0.1) is 0 Å². The van der Waals surface area contributed by atoms with Crippen LogP contribution in [0.4, 0.5) is 4.39 Å². The van der Waals surface area contributed by atoms with Crippen LogP contribution in [0.2, 0.25) is 0 Å². The van der Waals surface area contributed by atoms with Gasteiger partial charge >= 0.3 is 0 Å². The molecule has 0 spiro atoms. The van der Waals surface area contributed by atoms with Crippen LogP contribution in [0.1, 0.15) is 25.3 Å². The van der Waals surface area contributed by atoms with Crippen molar-refractivity contribution in [2.24, 2.45) is 4.99 Å². The normalized spacial score (nSPS) is 11.1. The first kappa shape index (κ1) is 17.9. The van der Waals surface area contributed by atoms with E-state index in [4.69, 9.17) is 0 Å². The second-order valence-corrected chi connectivity index (χ2v) is 4.90. The first-order valence-corrected chi connectivity index (χ1v) is 7.61. The van der Waals surface area contributed by atoms with Gasteiger partial charge in [0.15, 0.2) is 5.96 Å². The molecule has 0 saturated heterocycles. The van der Waals surface area contributed by atoms with E-state index in [0.29, 0.717) is 32.0 Å². The van der Waals surface area contributed by atoms with Crippen molar-refractivity contribution in [1.29, 1.82) is 0 Å². The Balaban J connectivity index is 2.19. The number of rotatable bonds is 8. The van der Waals surface area contributed by atoms with E-state index in [9.17, 15) is 9.18 Å². The molecule has 0 radical (unpaired) electrons. The van der Waals surface area contributed by atoms with Crippen LogP contribution in [0.15, 0.2) is 29.3 Å². The van der Waals surface area contributed by atoms with Gasteiger partial charge in [0.05, 0.1) is 0 Å². The van der Waals surface area contributed by atoms with Gasteiger partial charge < -0.3 is 16.0 Å². The minimum absolute atomic E-state index is 0.0381. The van der Waals surface area contributed by atoms with Crippen molar-refractivity contribution in [1.82, 2.24) is 16.0 Å². The average Bonchev–Trinajstić information content (AvgIpc) is 2.53. The number of nitrogens with one attached hydrogen (secondary N) is 3. The van der Waals surface area contributed by atoms with E-state index >= 15 is 0 Å². The fraction of sp³-hybridized carbons (Fsp3) is 0.500. The van der Waals surface area contributed by atoms with E-state index in [0.717, 1.165) is 18.4 Å². The van der Waals surface area contributed by atoms with Crippen molar-refractivity contribution in [3.63, 3.8) is 0 Å². The number of guanidine groups is 1. The first-order valence-electron chi connectivity index (χ1n) is 7.61. The number of halogens is 1. The van der Waals surface area contributed by atoms with Crippen LogP contribution in [-0.4, -0.2) is 38.5 Å². The molecule has 1 amide bonds. The minimum Gasteiger partial charge on any atom is -0.356 e. The molecule has 6 heteroatoms. The molecule has 0 fully saturated rings. The summed E-state index contributed by atoms with van der Waals surface area (Å²) in [5, 5.41) is 9.08. The molecule has 3 N–H and O–H groups in total. The summed E-state index contributed by atoms with van der Waals surface area (Å²) in [5.74, 6) is 0.469. The topological polar surface area (TPSA) is 65.5 Å². The largest absolute Gasteiger partial charge is 0.356 e. The lowest BCUT2D eigenvalue weighted by atomic mass is 10.1. The molecule has 1 aromatic carbocycles. The molecule has 0 aliphatic heterocycles. The molecule has 0 saturated carbocycles. The van der Waals surface area contributed by atoms with Gasteiger partial charge in [0, 0.05) is 33.1 Å². The third-order valence-electron chi connectivity index (χ3n) is 3.06. The summed E-state index contributed by atoms with van der Waals surface area (Å²) in [4.78, 5) is 15.6. The lowest BCUT2D eigenvalue weighted by Crippen LogP contribution is -2.40. The SMILES string of the molecule is CCCNC(=O)CCNC(=NC)NCCc1ccc(F)cc1. The Hall–Kier alpha value is -2.11. The van der Waals surface area contributed by atoms with Crippen molar-refractivity contribution < 1.29 is 9.18 Å². The van der Waals surface area contributed by atoms with Crippen molar-refractivity contribution in [3.05, 3.63) is 35.6 Å². The number of benzene rings is 1. The zero-order chi connectivity index (χ0) is 16.2. The minimum atomic E-state index is -0.226. The van der Waals surface area contributed by atoms with Gasteiger partial charge in [0.2, 0.25) is 5.91 Å². The lowest BCUT2D eigenvalue weighted by Gasteiger charge is -2.12. The first-order chi connectivity index (χ1) is 10.7. The Kier molecular flexibility index (Phi) is 8.64. The quantitative estimate of drug-likeness (QED) is 0.503. The van der Waals surface area contributed by atoms with Gasteiger partial charge in [0.25, 0.3) is 0 Å². The van der Waals surface area contributed by atoms with Crippen LogP contribution < -0.4 is 16.0 Å². The third-order valence-corrected chi connectivity index (χ3v) is 3.06. The number of hydrogen-bond acceptors (Lipinski definition) is 2. The number of hydrogen-bond donors (Lipinski definition) is 3. The number of nitrogens with zero attached hydrogens (tertiary/aromatic N) is 1. The average molecular weight is 308 g/mol. The van der Waals surface area contributed by atoms with Crippen molar-refractivity contribution in [3.8, 4) is 0 Å². The summed E-state index contributed by atoms with van der Waals surface area (Å²) in [5.41, 5.74) is 1.06. The highest BCUT2D eigenvalue weighted by atomic mass is 19.1. The van der Waals surface area contributed by atoms with Crippen molar-refractivity contribution in [2.45, 2.75) is 26.2 Å². The Morgan fingerprint density at radius 2 is 1.77 bits per heavy atom. The smallest absolute Gasteiger partial charge is 0.221 e. The predicted molar refractivity (Wildman–Crippen MR) is 87.4 cm³/mol. The third kappa shape index (κ3) is 7.61. The molecule has 0 aromatic heterocycles. The van der Waals surface area contributed by atoms with Crippen LogP contribution in [0.3, 0.4) is 0 Å². The molecule has 0 atom stereocenters. The highest BCUT2D eigenvalue weighted by Crippen LogP contribution is 2.02. The van der Waals surface area contributed by atoms with Gasteiger partial charge in [-0.05, 0) is 30.5 Å². The van der Waals surface area contributed by atoms with E-state index in [1.54, 1.807) is 19.2 Å². The van der Waals surface area contributed by atoms with E-state index in [1.807, 2.05) is 6.92 Å². The maximum atomic E-state index is 12.8. The molecule has 1 rings (SSSR count). The number of carbonyl (C=O) groups excluding carboxylic acids is 1. The lowest BCUT2D eigenvalue weighted by molar-refractivity contribution is -0.120. The van der Waals surface area contributed by atoms with Gasteiger partial charge in [-0.2, -0.15) is 0 Å². The molecule has 0 aliphatic rings. The monoisotopic (exact) mass is 308 g/mol. The zero-order valence-corrected chi connectivity index (χ0v) is 13.3. The Bertz CT molecular complexity index is 474. The summed E-state index contributed by atoms with van der Waals surface area (Å²) >= 11 is 0. The summed E-state index contributed by atoms with van der Waals surface area (Å²) in [7, 11) is 1.68. The zero-order valence-electron chi connectivity index (χ0n) is 13.3. The standard InChI is InChI=1S/C16H25FN4O/c1-3-10-19-15(22)9-12-21-16(18-2)20-11-8-13-4-6-14(17)7-5-13/h4-7H,3,8-12H2,1-2H3,(H,19,22)(H2,18,20,21). The van der Waals surface area contributed by atoms with Crippen molar-refractivity contribution >= 4 is 11.9 Å². The van der Waals surface area contributed by atoms with Crippen LogP contribution >= 0.6 is 0 Å². The summed E-state index contributed by atoms with van der Waals surface area (Å²) in [6.45, 7) is 3.95. The number of amides is 1. The molecule has 5 nitrogen and oxygen atoms in total. The number of aliphatic imine (C=N–C) groups is 1. The Morgan fingerprint density at radius 1 is 1.09 bits per heavy atom. The van der Waals surface area contributed by atoms with Gasteiger partial charge in [-0.25, -0.2) is 4.39 Å². The molecule has 0 unspecified atom stereocenters. The van der Waals surface area contributed by atoms with Crippen LogP contribution in [0.5, 0.6) is 0 Å². The second kappa shape index (κ2) is 10.6. The molecule has 0 bridgehead atoms. The highest BCUT2D eigenvalue weighted by Gasteiger charge is 2.02. The number of carbonyl (C=O) groups is 1. The summed E-state index contributed by atoms with van der Waals surface area (Å²) in [6, 6.07) is 6.45. The molecule has 0 aliphatic carbocycles. The molecule has 0 heterocycles. The molecular formula is C16H25FN4O. The summed E-state index contributed by atoms with van der Waals surface area (Å²) in [6.07, 6.45) is 2.13. The maximum absolute atomic E-state index is 12.8. The second-order valence-electron chi connectivity index (χ2n) is 4.90. The van der Waals surface area contributed by atoms with Crippen LogP contribution in [0.25, 0.3) is 0 Å². The van der Waals surface area contributed by atoms with Gasteiger partial charge in [0.1, 0.15) is 5.82 Å². The van der Waals surface area contributed by atoms with E-state index in [2.05, 4.69) is 20.9 Å². The molecular weight excluding hydrogens is 283 g/mol. The predicted octanol–water partition coefficient (Wildman–Crippen LogP) is 1.45. The van der Waals surface area contributed by atoms with Crippen LogP contribution in [-0.2, 0) is 11.2 Å². The highest BCUT2D eigenvalue weighted by molar-refractivity contribution is 5.81. The molecule has 1 aromatic rings. The molecule has 22 heavy (non-hydrogen) atoms. The summed E-state index contributed by atoms with van der Waals surface area (Å²) < 4.78 is 12.8. The van der Waals surface area contributed by atoms with E-state index < -0.39 is 0 Å². The molecule has 122 valence electrons. The van der Waals surface area contributed by atoms with Gasteiger partial charge in [-0.1, -0.05) is 19.1 Å². The fourth-order valence-electron chi connectivity index (χ4n) is 1.84.